The number of hydrogen-bond acceptors (Lipinski definition) is 4. The number of allylic oxidation sites excluding steroid dienone is 4. The fourth-order valence-electron chi connectivity index (χ4n) is 5.86. The molecule has 156 valence electrons. The number of carboxylic acid groups (broad SMARTS) is 1. The second kappa shape index (κ2) is 6.41. The molecule has 29 heavy (non-hydrogen) atoms. The highest BCUT2D eigenvalue weighted by atomic mass is 16.5. The third-order valence-corrected chi connectivity index (χ3v) is 7.61. The molecule has 0 radical (unpaired) electrons. The van der Waals surface area contributed by atoms with E-state index in [0.29, 0.717) is 12.0 Å². The summed E-state index contributed by atoms with van der Waals surface area (Å²) in [6.07, 6.45) is 8.99. The smallest absolute Gasteiger partial charge is 0.314 e. The summed E-state index contributed by atoms with van der Waals surface area (Å²) in [5.41, 5.74) is 1.19. The van der Waals surface area contributed by atoms with Gasteiger partial charge in [0.15, 0.2) is 5.78 Å². The zero-order valence-corrected chi connectivity index (χ0v) is 17.7. The Kier molecular flexibility index (Phi) is 4.45. The van der Waals surface area contributed by atoms with E-state index in [1.807, 2.05) is 32.9 Å². The Morgan fingerprint density at radius 2 is 1.86 bits per heavy atom. The highest BCUT2D eigenvalue weighted by molar-refractivity contribution is 5.96. The average molecular weight is 398 g/mol. The first kappa shape index (κ1) is 20.1. The first-order valence-electron chi connectivity index (χ1n) is 10.6. The molecular weight excluding hydrogens is 368 g/mol. The van der Waals surface area contributed by atoms with Crippen molar-refractivity contribution in [3.8, 4) is 0 Å². The molecule has 0 heterocycles. The molecule has 1 N–H and O–H groups in total. The van der Waals surface area contributed by atoms with Gasteiger partial charge in [-0.3, -0.25) is 14.4 Å². The molecule has 0 bridgehead atoms. The van der Waals surface area contributed by atoms with Crippen molar-refractivity contribution in [3.63, 3.8) is 0 Å². The minimum Gasteiger partial charge on any atom is -0.481 e. The van der Waals surface area contributed by atoms with Gasteiger partial charge in [0, 0.05) is 17.8 Å². The lowest BCUT2D eigenvalue weighted by molar-refractivity contribution is -0.163. The molecule has 0 spiro atoms. The molecule has 4 atom stereocenters. The number of esters is 1. The number of fused-ring (bicyclic) bond motifs is 4. The summed E-state index contributed by atoms with van der Waals surface area (Å²) in [7, 11) is 0. The molecule has 5 nitrogen and oxygen atoms in total. The second-order valence-electron chi connectivity index (χ2n) is 10.3. The van der Waals surface area contributed by atoms with Gasteiger partial charge in [-0.05, 0) is 70.1 Å². The molecular formula is C24H30O5. The molecule has 1 fully saturated rings. The van der Waals surface area contributed by atoms with Gasteiger partial charge in [-0.1, -0.05) is 24.6 Å². The number of ether oxygens (including phenoxy) is 1. The van der Waals surface area contributed by atoms with E-state index in [2.05, 4.69) is 6.92 Å². The van der Waals surface area contributed by atoms with Crippen LogP contribution >= 0.6 is 0 Å². The lowest BCUT2D eigenvalue weighted by Crippen LogP contribution is -2.48. The molecule has 0 aliphatic heterocycles. The zero-order chi connectivity index (χ0) is 21.2. The maximum atomic E-state index is 12.5. The van der Waals surface area contributed by atoms with Crippen molar-refractivity contribution in [1.29, 1.82) is 0 Å². The highest BCUT2D eigenvalue weighted by Crippen LogP contribution is 2.61. The van der Waals surface area contributed by atoms with Crippen LogP contribution in [0.3, 0.4) is 0 Å². The van der Waals surface area contributed by atoms with E-state index in [9.17, 15) is 19.5 Å². The maximum Gasteiger partial charge on any atom is 0.314 e. The van der Waals surface area contributed by atoms with Gasteiger partial charge >= 0.3 is 11.9 Å². The van der Waals surface area contributed by atoms with Gasteiger partial charge in [-0.15, -0.1) is 0 Å². The van der Waals surface area contributed by atoms with E-state index < -0.39 is 16.8 Å². The monoisotopic (exact) mass is 398 g/mol. The summed E-state index contributed by atoms with van der Waals surface area (Å²) >= 11 is 0. The zero-order valence-electron chi connectivity index (χ0n) is 17.7. The first-order valence-corrected chi connectivity index (χ1v) is 10.6. The summed E-state index contributed by atoms with van der Waals surface area (Å²) in [6, 6.07) is 0. The molecule has 5 heteroatoms. The van der Waals surface area contributed by atoms with Crippen LogP contribution in [-0.2, 0) is 19.1 Å². The van der Waals surface area contributed by atoms with E-state index in [-0.39, 0.29) is 35.6 Å². The average Bonchev–Trinajstić information content (AvgIpc) is 2.96. The van der Waals surface area contributed by atoms with Crippen LogP contribution in [0.1, 0.15) is 66.2 Å². The Hall–Kier alpha value is -2.17. The predicted molar refractivity (Wildman–Crippen MR) is 108 cm³/mol. The topological polar surface area (TPSA) is 80.7 Å². The van der Waals surface area contributed by atoms with Crippen LogP contribution in [-0.4, -0.2) is 28.9 Å². The fourth-order valence-corrected chi connectivity index (χ4v) is 5.86. The predicted octanol–water partition coefficient (Wildman–Crippen LogP) is 4.38. The number of carboxylic acids is 1. The van der Waals surface area contributed by atoms with E-state index in [1.165, 1.54) is 11.6 Å². The Labute approximate surface area is 171 Å². The second-order valence-corrected chi connectivity index (χ2v) is 10.3. The van der Waals surface area contributed by atoms with Crippen LogP contribution in [0.4, 0.5) is 0 Å². The highest BCUT2D eigenvalue weighted by Gasteiger charge is 2.58. The number of carbonyl (C=O) groups is 3. The van der Waals surface area contributed by atoms with Gasteiger partial charge in [0.25, 0.3) is 0 Å². The summed E-state index contributed by atoms with van der Waals surface area (Å²) in [6.45, 7) is 7.75. The summed E-state index contributed by atoms with van der Waals surface area (Å²) in [4.78, 5) is 36.9. The molecule has 1 saturated carbocycles. The van der Waals surface area contributed by atoms with Crippen molar-refractivity contribution in [2.24, 2.45) is 22.2 Å². The van der Waals surface area contributed by atoms with Crippen LogP contribution in [0.15, 0.2) is 34.9 Å². The standard InChI is InChI=1S/C24H30O5/c1-22(2,3)21(28)29-19-8-7-17-16-6-5-14-13-15(25)9-12-24(14,20(26)27)18(16)10-11-23(17,19)4/h5-6,13,18-19H,7-12H2,1-4H3,(H,26,27)/t18-,19-,23-,24+/m0/s1. The van der Waals surface area contributed by atoms with E-state index in [0.717, 1.165) is 31.3 Å². The molecule has 0 aromatic heterocycles. The van der Waals surface area contributed by atoms with Crippen molar-refractivity contribution in [1.82, 2.24) is 0 Å². The van der Waals surface area contributed by atoms with Gasteiger partial charge in [0.2, 0.25) is 0 Å². The maximum absolute atomic E-state index is 12.5. The van der Waals surface area contributed by atoms with Crippen LogP contribution < -0.4 is 0 Å². The molecule has 4 rings (SSSR count). The van der Waals surface area contributed by atoms with Crippen molar-refractivity contribution >= 4 is 17.7 Å². The Bertz CT molecular complexity index is 883. The van der Waals surface area contributed by atoms with Gasteiger partial charge in [-0.2, -0.15) is 0 Å². The minimum absolute atomic E-state index is 0.00768. The fraction of sp³-hybridized carbons (Fsp3) is 0.625. The third-order valence-electron chi connectivity index (χ3n) is 7.61. The van der Waals surface area contributed by atoms with Crippen LogP contribution in [0.5, 0.6) is 0 Å². The molecule has 0 unspecified atom stereocenters. The Morgan fingerprint density at radius 1 is 1.14 bits per heavy atom. The van der Waals surface area contributed by atoms with Crippen molar-refractivity contribution in [3.05, 3.63) is 34.9 Å². The molecule has 0 amide bonds. The third kappa shape index (κ3) is 2.84. The van der Waals surface area contributed by atoms with E-state index in [4.69, 9.17) is 4.74 Å². The number of aliphatic carboxylic acids is 1. The summed E-state index contributed by atoms with van der Waals surface area (Å²) < 4.78 is 5.95. The summed E-state index contributed by atoms with van der Waals surface area (Å²) in [5.74, 6) is -1.13. The number of carbonyl (C=O) groups excluding carboxylic acids is 2. The largest absolute Gasteiger partial charge is 0.481 e. The summed E-state index contributed by atoms with van der Waals surface area (Å²) in [5, 5.41) is 10.2. The quantitative estimate of drug-likeness (QED) is 0.698. The SMILES string of the molecule is CC(C)(C)C(=O)O[C@H]1CCC2=C3C=CC4=CC(=O)CC[C@]4(C(=O)O)[C@H]3CC[C@@]21C. The van der Waals surface area contributed by atoms with Crippen LogP contribution in [0.2, 0.25) is 0 Å². The van der Waals surface area contributed by atoms with Gasteiger partial charge < -0.3 is 9.84 Å². The van der Waals surface area contributed by atoms with E-state index >= 15 is 0 Å². The van der Waals surface area contributed by atoms with Gasteiger partial charge in [0.05, 0.1) is 5.41 Å². The lowest BCUT2D eigenvalue weighted by atomic mass is 9.53. The van der Waals surface area contributed by atoms with Crippen molar-refractivity contribution in [2.45, 2.75) is 72.3 Å². The Balaban J connectivity index is 1.76. The molecule has 0 aromatic rings. The van der Waals surface area contributed by atoms with Crippen molar-refractivity contribution < 1.29 is 24.2 Å². The van der Waals surface area contributed by atoms with Crippen LogP contribution in [0.25, 0.3) is 0 Å². The number of rotatable bonds is 2. The van der Waals surface area contributed by atoms with E-state index in [1.54, 1.807) is 0 Å². The van der Waals surface area contributed by atoms with Gasteiger partial charge in [0.1, 0.15) is 11.5 Å². The first-order chi connectivity index (χ1) is 13.5. The molecule has 0 saturated heterocycles. The molecule has 0 aromatic carbocycles. The molecule has 4 aliphatic carbocycles. The van der Waals surface area contributed by atoms with Crippen LogP contribution in [0, 0.1) is 22.2 Å². The minimum atomic E-state index is -1.01. The number of ketones is 1. The van der Waals surface area contributed by atoms with Gasteiger partial charge in [-0.25, -0.2) is 0 Å². The van der Waals surface area contributed by atoms with Crippen molar-refractivity contribution in [2.75, 3.05) is 0 Å². The number of hydrogen-bond donors (Lipinski definition) is 1. The Morgan fingerprint density at radius 3 is 2.52 bits per heavy atom. The lowest BCUT2D eigenvalue weighted by Gasteiger charge is -2.49. The normalized spacial score (nSPS) is 36.1. The molecule has 4 aliphatic rings.